The smallest absolute Gasteiger partial charge is 0.0597 e. The molecule has 0 saturated carbocycles. The second-order valence-electron chi connectivity index (χ2n) is 4.75. The minimum atomic E-state index is 0.0928. The Morgan fingerprint density at radius 3 is 2.20 bits per heavy atom. The van der Waals surface area contributed by atoms with Crippen LogP contribution in [0.3, 0.4) is 0 Å². The fraction of sp³-hybridized carbons (Fsp3) is 0.538. The van der Waals surface area contributed by atoms with E-state index in [1.807, 2.05) is 0 Å². The average molecular weight is 205 g/mol. The van der Waals surface area contributed by atoms with Crippen LogP contribution in [0, 0.1) is 0 Å². The number of nitrogens with two attached hydrogens (primary N) is 1. The Hall–Kier alpha value is -0.860. The Morgan fingerprint density at radius 1 is 1.27 bits per heavy atom. The number of hydrogen-bond acceptors (Lipinski definition) is 2. The van der Waals surface area contributed by atoms with Gasteiger partial charge in [0, 0.05) is 6.54 Å². The summed E-state index contributed by atoms with van der Waals surface area (Å²) in [6.45, 7) is 6.63. The summed E-state index contributed by atoms with van der Waals surface area (Å²) in [4.78, 5) is 0. The van der Waals surface area contributed by atoms with E-state index in [1.165, 1.54) is 11.1 Å². The van der Waals surface area contributed by atoms with Crippen LogP contribution in [-0.2, 0) is 10.2 Å². The molecular formula is C13H19NO. The molecular weight excluding hydrogens is 186 g/mol. The fourth-order valence-corrected chi connectivity index (χ4v) is 1.97. The van der Waals surface area contributed by atoms with Crippen molar-refractivity contribution in [3.05, 3.63) is 35.4 Å². The molecule has 0 unspecified atom stereocenters. The van der Waals surface area contributed by atoms with Gasteiger partial charge in [-0.1, -0.05) is 38.1 Å². The van der Waals surface area contributed by atoms with Crippen LogP contribution in [0.2, 0.25) is 0 Å². The van der Waals surface area contributed by atoms with Crippen molar-refractivity contribution in [2.24, 2.45) is 5.73 Å². The van der Waals surface area contributed by atoms with Crippen LogP contribution in [0.25, 0.3) is 0 Å². The highest BCUT2D eigenvalue weighted by molar-refractivity contribution is 5.32. The Balaban J connectivity index is 2.23. The van der Waals surface area contributed by atoms with Gasteiger partial charge >= 0.3 is 0 Å². The van der Waals surface area contributed by atoms with Gasteiger partial charge in [-0.2, -0.15) is 0 Å². The third-order valence-electron chi connectivity index (χ3n) is 3.34. The Kier molecular flexibility index (Phi) is 2.81. The Morgan fingerprint density at radius 2 is 1.87 bits per heavy atom. The van der Waals surface area contributed by atoms with Crippen molar-refractivity contribution in [2.75, 3.05) is 19.8 Å². The Bertz CT molecular complexity index is 319. The first-order chi connectivity index (χ1) is 7.18. The molecule has 1 aliphatic rings. The maximum atomic E-state index is 5.82. The summed E-state index contributed by atoms with van der Waals surface area (Å²) in [5.41, 5.74) is 8.61. The van der Waals surface area contributed by atoms with Crippen molar-refractivity contribution in [1.82, 2.24) is 0 Å². The van der Waals surface area contributed by atoms with Crippen LogP contribution in [0.1, 0.15) is 30.9 Å². The van der Waals surface area contributed by atoms with E-state index in [4.69, 9.17) is 10.5 Å². The second kappa shape index (κ2) is 3.95. The van der Waals surface area contributed by atoms with Crippen molar-refractivity contribution in [2.45, 2.75) is 25.2 Å². The molecule has 15 heavy (non-hydrogen) atoms. The summed E-state index contributed by atoms with van der Waals surface area (Å²) >= 11 is 0. The number of ether oxygens (including phenoxy) is 1. The van der Waals surface area contributed by atoms with Crippen molar-refractivity contribution < 1.29 is 4.74 Å². The van der Waals surface area contributed by atoms with Crippen LogP contribution in [0.15, 0.2) is 24.3 Å². The van der Waals surface area contributed by atoms with Gasteiger partial charge in [-0.05, 0) is 17.0 Å². The van der Waals surface area contributed by atoms with E-state index in [2.05, 4.69) is 38.1 Å². The van der Waals surface area contributed by atoms with Crippen molar-refractivity contribution in [1.29, 1.82) is 0 Å². The summed E-state index contributed by atoms with van der Waals surface area (Å²) in [6.07, 6.45) is 0. The van der Waals surface area contributed by atoms with Gasteiger partial charge in [0.05, 0.1) is 18.6 Å². The quantitative estimate of drug-likeness (QED) is 0.819. The molecule has 0 radical (unpaired) electrons. The van der Waals surface area contributed by atoms with Crippen LogP contribution in [0.4, 0.5) is 0 Å². The van der Waals surface area contributed by atoms with Gasteiger partial charge in [-0.3, -0.25) is 0 Å². The van der Waals surface area contributed by atoms with E-state index in [0.717, 1.165) is 13.2 Å². The van der Waals surface area contributed by atoms with E-state index in [0.29, 0.717) is 12.5 Å². The first-order valence-corrected chi connectivity index (χ1v) is 5.56. The van der Waals surface area contributed by atoms with Gasteiger partial charge in [0.25, 0.3) is 0 Å². The number of benzene rings is 1. The number of rotatable bonds is 3. The van der Waals surface area contributed by atoms with E-state index in [9.17, 15) is 0 Å². The Labute approximate surface area is 91.4 Å². The standard InChI is InChI=1S/C13H19NO/c1-10(2)11-3-5-12(6-4-11)13(7-14)8-15-9-13/h3-6,10H,7-9,14H2,1-2H3. The van der Waals surface area contributed by atoms with E-state index >= 15 is 0 Å². The molecule has 0 bridgehead atoms. The summed E-state index contributed by atoms with van der Waals surface area (Å²) in [5.74, 6) is 0.588. The molecule has 0 amide bonds. The lowest BCUT2D eigenvalue weighted by Gasteiger charge is -2.41. The van der Waals surface area contributed by atoms with Crippen molar-refractivity contribution in [3.8, 4) is 0 Å². The van der Waals surface area contributed by atoms with E-state index in [-0.39, 0.29) is 5.41 Å². The molecule has 0 atom stereocenters. The average Bonchev–Trinajstić information content (AvgIpc) is 2.18. The van der Waals surface area contributed by atoms with Crippen molar-refractivity contribution >= 4 is 0 Å². The highest BCUT2D eigenvalue weighted by Crippen LogP contribution is 2.31. The molecule has 1 heterocycles. The van der Waals surface area contributed by atoms with Gasteiger partial charge < -0.3 is 10.5 Å². The van der Waals surface area contributed by atoms with Gasteiger partial charge in [0.2, 0.25) is 0 Å². The summed E-state index contributed by atoms with van der Waals surface area (Å²) in [5, 5.41) is 0. The molecule has 2 heteroatoms. The molecule has 0 aromatic heterocycles. The predicted octanol–water partition coefficient (Wildman–Crippen LogP) is 2.04. The second-order valence-corrected chi connectivity index (χ2v) is 4.75. The minimum absolute atomic E-state index is 0.0928. The summed E-state index contributed by atoms with van der Waals surface area (Å²) < 4.78 is 5.28. The van der Waals surface area contributed by atoms with Crippen LogP contribution >= 0.6 is 0 Å². The highest BCUT2D eigenvalue weighted by Gasteiger charge is 2.38. The molecule has 2 rings (SSSR count). The molecule has 1 aliphatic heterocycles. The number of hydrogen-bond donors (Lipinski definition) is 1. The van der Waals surface area contributed by atoms with Crippen LogP contribution in [0.5, 0.6) is 0 Å². The van der Waals surface area contributed by atoms with Gasteiger partial charge in [0.1, 0.15) is 0 Å². The molecule has 2 N–H and O–H groups in total. The molecule has 1 aromatic carbocycles. The summed E-state index contributed by atoms with van der Waals surface area (Å²) in [6, 6.07) is 8.81. The normalized spacial score (nSPS) is 18.9. The molecule has 0 aliphatic carbocycles. The zero-order valence-electron chi connectivity index (χ0n) is 9.49. The largest absolute Gasteiger partial charge is 0.379 e. The SMILES string of the molecule is CC(C)c1ccc(C2(CN)COC2)cc1. The third-order valence-corrected chi connectivity index (χ3v) is 3.34. The lowest BCUT2D eigenvalue weighted by atomic mass is 9.78. The predicted molar refractivity (Wildman–Crippen MR) is 62.1 cm³/mol. The lowest BCUT2D eigenvalue weighted by molar-refractivity contribution is -0.0550. The maximum absolute atomic E-state index is 5.82. The summed E-state index contributed by atoms with van der Waals surface area (Å²) in [7, 11) is 0. The first-order valence-electron chi connectivity index (χ1n) is 5.56. The van der Waals surface area contributed by atoms with Crippen LogP contribution in [-0.4, -0.2) is 19.8 Å². The van der Waals surface area contributed by atoms with E-state index in [1.54, 1.807) is 0 Å². The zero-order chi connectivity index (χ0) is 10.9. The van der Waals surface area contributed by atoms with Gasteiger partial charge in [-0.25, -0.2) is 0 Å². The van der Waals surface area contributed by atoms with Gasteiger partial charge in [-0.15, -0.1) is 0 Å². The lowest BCUT2D eigenvalue weighted by Crippen LogP contribution is -2.52. The zero-order valence-corrected chi connectivity index (χ0v) is 9.49. The topological polar surface area (TPSA) is 35.2 Å². The molecule has 82 valence electrons. The van der Waals surface area contributed by atoms with Crippen molar-refractivity contribution in [3.63, 3.8) is 0 Å². The molecule has 1 aromatic rings. The molecule has 1 fully saturated rings. The van der Waals surface area contributed by atoms with Crippen LogP contribution < -0.4 is 5.73 Å². The highest BCUT2D eigenvalue weighted by atomic mass is 16.5. The fourth-order valence-electron chi connectivity index (χ4n) is 1.97. The maximum Gasteiger partial charge on any atom is 0.0597 e. The first kappa shape index (κ1) is 10.7. The minimum Gasteiger partial charge on any atom is -0.379 e. The molecule has 2 nitrogen and oxygen atoms in total. The van der Waals surface area contributed by atoms with E-state index < -0.39 is 0 Å². The molecule has 0 spiro atoms. The molecule has 1 saturated heterocycles. The monoisotopic (exact) mass is 205 g/mol. The third kappa shape index (κ3) is 1.80. The van der Waals surface area contributed by atoms with Gasteiger partial charge in [0.15, 0.2) is 0 Å².